The van der Waals surface area contributed by atoms with E-state index in [9.17, 15) is 9.59 Å². The van der Waals surface area contributed by atoms with Crippen LogP contribution < -0.4 is 5.32 Å². The van der Waals surface area contributed by atoms with E-state index in [0.717, 1.165) is 13.0 Å². The van der Waals surface area contributed by atoms with Gasteiger partial charge < -0.3 is 19.9 Å². The van der Waals surface area contributed by atoms with Gasteiger partial charge in [-0.05, 0) is 30.2 Å². The molecule has 0 aromatic heterocycles. The molecule has 1 aromatic rings. The van der Waals surface area contributed by atoms with Crippen molar-refractivity contribution in [3.63, 3.8) is 0 Å². The van der Waals surface area contributed by atoms with E-state index in [1.54, 1.807) is 4.90 Å². The molecule has 1 aliphatic heterocycles. The van der Waals surface area contributed by atoms with Crippen LogP contribution in [-0.4, -0.2) is 68.2 Å². The first-order chi connectivity index (χ1) is 13.1. The average Bonchev–Trinajstić information content (AvgIpc) is 3.16. The first-order valence-electron chi connectivity index (χ1n) is 9.95. The van der Waals surface area contributed by atoms with Crippen LogP contribution in [0.4, 0.5) is 4.79 Å². The van der Waals surface area contributed by atoms with Gasteiger partial charge in [0.1, 0.15) is 6.61 Å². The number of benzene rings is 1. The highest BCUT2D eigenvalue weighted by Gasteiger charge is 2.35. The second kappa shape index (κ2) is 9.22. The molecule has 148 valence electrons. The summed E-state index contributed by atoms with van der Waals surface area (Å²) in [7, 11) is 1.52. The van der Waals surface area contributed by atoms with Crippen molar-refractivity contribution in [2.24, 2.45) is 5.41 Å². The fraction of sp³-hybridized carbons (Fsp3) is 0.619. The number of hydrogen-bond donors (Lipinski definition) is 1. The van der Waals surface area contributed by atoms with Gasteiger partial charge >= 0.3 is 6.03 Å². The zero-order valence-electron chi connectivity index (χ0n) is 16.3. The summed E-state index contributed by atoms with van der Waals surface area (Å²) < 4.78 is 4.90. The van der Waals surface area contributed by atoms with Gasteiger partial charge in [0.25, 0.3) is 0 Å². The highest BCUT2D eigenvalue weighted by molar-refractivity contribution is 5.78. The quantitative estimate of drug-likeness (QED) is 0.832. The molecule has 2 aliphatic rings. The summed E-state index contributed by atoms with van der Waals surface area (Å²) in [6.45, 7) is 3.13. The lowest BCUT2D eigenvalue weighted by Crippen LogP contribution is -2.54. The third kappa shape index (κ3) is 5.22. The molecule has 2 fully saturated rings. The van der Waals surface area contributed by atoms with Crippen LogP contribution in [0, 0.1) is 5.41 Å². The number of piperazine rings is 1. The maximum atomic E-state index is 12.6. The van der Waals surface area contributed by atoms with E-state index in [-0.39, 0.29) is 24.0 Å². The molecule has 0 atom stereocenters. The molecule has 3 amide bonds. The first-order valence-corrected chi connectivity index (χ1v) is 9.95. The maximum Gasteiger partial charge on any atom is 0.317 e. The van der Waals surface area contributed by atoms with Crippen molar-refractivity contribution < 1.29 is 14.3 Å². The normalized spacial score (nSPS) is 19.1. The van der Waals surface area contributed by atoms with Gasteiger partial charge in [-0.2, -0.15) is 0 Å². The minimum Gasteiger partial charge on any atom is -0.375 e. The summed E-state index contributed by atoms with van der Waals surface area (Å²) in [4.78, 5) is 28.1. The van der Waals surface area contributed by atoms with Gasteiger partial charge in [0.15, 0.2) is 0 Å². The molecule has 0 radical (unpaired) electrons. The van der Waals surface area contributed by atoms with Crippen LogP contribution in [0.1, 0.15) is 31.2 Å². The monoisotopic (exact) mass is 373 g/mol. The maximum absolute atomic E-state index is 12.6. The highest BCUT2D eigenvalue weighted by Crippen LogP contribution is 2.40. The highest BCUT2D eigenvalue weighted by atomic mass is 16.5. The second-order valence-electron chi connectivity index (χ2n) is 7.83. The SMILES string of the molecule is COCC(=O)N1CCN(C(=O)NCC2(Cc3ccccc3)CCCC2)CC1. The third-order valence-electron chi connectivity index (χ3n) is 5.89. The Hall–Kier alpha value is -2.08. The average molecular weight is 373 g/mol. The van der Waals surface area contributed by atoms with Crippen molar-refractivity contribution in [1.29, 1.82) is 0 Å². The number of urea groups is 1. The van der Waals surface area contributed by atoms with Crippen LogP contribution in [0.25, 0.3) is 0 Å². The number of rotatable bonds is 6. The molecule has 1 aromatic carbocycles. The predicted octanol–water partition coefficient (Wildman–Crippen LogP) is 2.29. The van der Waals surface area contributed by atoms with Gasteiger partial charge in [-0.25, -0.2) is 4.79 Å². The van der Waals surface area contributed by atoms with Crippen LogP contribution in [0.5, 0.6) is 0 Å². The summed E-state index contributed by atoms with van der Waals surface area (Å²) in [5, 5.41) is 3.18. The molecule has 0 spiro atoms. The van der Waals surface area contributed by atoms with Crippen molar-refractivity contribution in [2.75, 3.05) is 46.4 Å². The molecule has 27 heavy (non-hydrogen) atoms. The molecular formula is C21H31N3O3. The van der Waals surface area contributed by atoms with Gasteiger partial charge in [-0.1, -0.05) is 43.2 Å². The molecule has 1 saturated heterocycles. The summed E-state index contributed by atoms with van der Waals surface area (Å²) in [5.41, 5.74) is 1.52. The summed E-state index contributed by atoms with van der Waals surface area (Å²) in [5.74, 6) is -0.00896. The molecule has 1 saturated carbocycles. The van der Waals surface area contributed by atoms with E-state index in [0.29, 0.717) is 26.2 Å². The lowest BCUT2D eigenvalue weighted by atomic mass is 9.80. The fourth-order valence-corrected chi connectivity index (χ4v) is 4.32. The molecule has 1 heterocycles. The Morgan fingerprint density at radius 1 is 1.04 bits per heavy atom. The van der Waals surface area contributed by atoms with Crippen molar-refractivity contribution in [1.82, 2.24) is 15.1 Å². The Bertz CT molecular complexity index is 621. The molecule has 6 nitrogen and oxygen atoms in total. The predicted molar refractivity (Wildman–Crippen MR) is 104 cm³/mol. The smallest absolute Gasteiger partial charge is 0.317 e. The number of nitrogens with zero attached hydrogens (tertiary/aromatic N) is 2. The molecule has 6 heteroatoms. The topological polar surface area (TPSA) is 61.9 Å². The molecule has 1 aliphatic carbocycles. The van der Waals surface area contributed by atoms with Crippen LogP contribution in [0.3, 0.4) is 0 Å². The molecular weight excluding hydrogens is 342 g/mol. The summed E-state index contributed by atoms with van der Waals surface area (Å²) in [6.07, 6.45) is 5.84. The Balaban J connectivity index is 1.49. The van der Waals surface area contributed by atoms with Gasteiger partial charge in [-0.15, -0.1) is 0 Å². The molecule has 0 unspecified atom stereocenters. The van der Waals surface area contributed by atoms with Gasteiger partial charge in [0.05, 0.1) is 0 Å². The zero-order valence-corrected chi connectivity index (χ0v) is 16.3. The lowest BCUT2D eigenvalue weighted by molar-refractivity contribution is -0.136. The number of methoxy groups -OCH3 is 1. The number of carbonyl (C=O) groups is 2. The Morgan fingerprint density at radius 2 is 1.67 bits per heavy atom. The van der Waals surface area contributed by atoms with Crippen molar-refractivity contribution in [2.45, 2.75) is 32.1 Å². The zero-order chi connectivity index (χ0) is 19.1. The van der Waals surface area contributed by atoms with Crippen molar-refractivity contribution >= 4 is 11.9 Å². The lowest BCUT2D eigenvalue weighted by Gasteiger charge is -2.36. The fourth-order valence-electron chi connectivity index (χ4n) is 4.32. The minimum absolute atomic E-state index is 0.00632. The van der Waals surface area contributed by atoms with Crippen LogP contribution in [0.15, 0.2) is 30.3 Å². The van der Waals surface area contributed by atoms with E-state index < -0.39 is 0 Å². The number of amides is 3. The standard InChI is InChI=1S/C21H31N3O3/c1-27-16-19(25)23-11-13-24(14-12-23)20(26)22-17-21(9-5-6-10-21)15-18-7-3-2-4-8-18/h2-4,7-8H,5-6,9-17H2,1H3,(H,22,26). The van der Waals surface area contributed by atoms with E-state index in [1.165, 1.54) is 38.4 Å². The summed E-state index contributed by atoms with van der Waals surface area (Å²) >= 11 is 0. The number of carbonyl (C=O) groups excluding carboxylic acids is 2. The van der Waals surface area contributed by atoms with Gasteiger partial charge in [-0.3, -0.25) is 4.79 Å². The van der Waals surface area contributed by atoms with Crippen LogP contribution >= 0.6 is 0 Å². The third-order valence-corrected chi connectivity index (χ3v) is 5.89. The van der Waals surface area contributed by atoms with Crippen LogP contribution in [0.2, 0.25) is 0 Å². The van der Waals surface area contributed by atoms with Crippen LogP contribution in [-0.2, 0) is 16.0 Å². The van der Waals surface area contributed by atoms with Gasteiger partial charge in [0.2, 0.25) is 5.91 Å². The Labute approximate surface area is 161 Å². The van der Waals surface area contributed by atoms with E-state index in [1.807, 2.05) is 11.0 Å². The molecule has 1 N–H and O–H groups in total. The Morgan fingerprint density at radius 3 is 2.30 bits per heavy atom. The van der Waals surface area contributed by atoms with E-state index in [2.05, 4.69) is 29.6 Å². The van der Waals surface area contributed by atoms with Crippen molar-refractivity contribution in [3.05, 3.63) is 35.9 Å². The minimum atomic E-state index is -0.00896. The first kappa shape index (κ1) is 19.7. The van der Waals surface area contributed by atoms with E-state index >= 15 is 0 Å². The largest absolute Gasteiger partial charge is 0.375 e. The second-order valence-corrected chi connectivity index (χ2v) is 7.83. The summed E-state index contributed by atoms with van der Waals surface area (Å²) in [6, 6.07) is 10.6. The number of hydrogen-bond acceptors (Lipinski definition) is 3. The van der Waals surface area contributed by atoms with Gasteiger partial charge in [0, 0.05) is 39.8 Å². The Kier molecular flexibility index (Phi) is 6.72. The number of ether oxygens (including phenoxy) is 1. The molecule has 3 rings (SSSR count). The van der Waals surface area contributed by atoms with Crippen molar-refractivity contribution in [3.8, 4) is 0 Å². The van der Waals surface area contributed by atoms with E-state index in [4.69, 9.17) is 4.74 Å². The molecule has 0 bridgehead atoms. The number of nitrogens with one attached hydrogen (secondary N) is 1.